The molecule has 5 N–H and O–H groups in total. The quantitative estimate of drug-likeness (QED) is 0.368. The number of aliphatic hydroxyl groups excluding tert-OH is 1. The van der Waals surface area contributed by atoms with Crippen molar-refractivity contribution < 1.29 is 9.84 Å². The number of hydrazine groups is 1. The zero-order chi connectivity index (χ0) is 21.0. The second kappa shape index (κ2) is 9.10. The average Bonchev–Trinajstić information content (AvgIpc) is 2.71. The van der Waals surface area contributed by atoms with Gasteiger partial charge in [0.05, 0.1) is 24.2 Å². The highest BCUT2D eigenvalue weighted by atomic mass is 79.9. The van der Waals surface area contributed by atoms with Crippen molar-refractivity contribution in [1.29, 1.82) is 0 Å². The van der Waals surface area contributed by atoms with E-state index in [1.807, 2.05) is 0 Å². The van der Waals surface area contributed by atoms with Crippen molar-refractivity contribution in [2.24, 2.45) is 11.6 Å². The Bertz CT molecular complexity index is 1080. The van der Waals surface area contributed by atoms with Crippen LogP contribution in [0.1, 0.15) is 0 Å². The molecule has 0 atom stereocenters. The molecular weight excluding hydrogens is 462 g/mol. The van der Waals surface area contributed by atoms with E-state index in [4.69, 9.17) is 33.0 Å². The van der Waals surface area contributed by atoms with Crippen molar-refractivity contribution >= 4 is 33.2 Å². The van der Waals surface area contributed by atoms with Crippen LogP contribution in [0.5, 0.6) is 11.5 Å². The molecule has 3 rings (SSSR count). The van der Waals surface area contributed by atoms with Gasteiger partial charge in [-0.2, -0.15) is 9.78 Å². The molecule has 0 saturated carbocycles. The topological polar surface area (TPSA) is 120 Å². The molecule has 0 amide bonds. The molecular formula is C19H17BrClN5O3. The largest absolute Gasteiger partial charge is 0.449 e. The lowest BCUT2D eigenvalue weighted by Crippen LogP contribution is -2.31. The molecule has 0 bridgehead atoms. The fraction of sp³-hybridized carbons (Fsp3) is 0.0526. The van der Waals surface area contributed by atoms with Gasteiger partial charge in [-0.1, -0.05) is 27.5 Å². The van der Waals surface area contributed by atoms with Crippen LogP contribution in [-0.2, 0) is 0 Å². The van der Waals surface area contributed by atoms with Crippen LogP contribution in [0.3, 0.4) is 0 Å². The van der Waals surface area contributed by atoms with Gasteiger partial charge in [0.15, 0.2) is 0 Å². The Hall–Kier alpha value is -2.85. The number of nitrogens with zero attached hydrogens (tertiary/aromatic N) is 3. The summed E-state index contributed by atoms with van der Waals surface area (Å²) in [5.74, 6) is 6.36. The zero-order valence-electron chi connectivity index (χ0n) is 15.0. The summed E-state index contributed by atoms with van der Waals surface area (Å²) in [5.41, 5.74) is 5.86. The highest BCUT2D eigenvalue weighted by molar-refractivity contribution is 9.10. The molecule has 0 saturated heterocycles. The van der Waals surface area contributed by atoms with Crippen LogP contribution in [0.4, 0.5) is 5.69 Å². The number of hydrogen-bond acceptors (Lipinski definition) is 7. The van der Waals surface area contributed by atoms with Crippen molar-refractivity contribution in [3.05, 3.63) is 86.5 Å². The molecule has 0 radical (unpaired) electrons. The number of hydrogen-bond donors (Lipinski definition) is 3. The molecule has 0 unspecified atom stereocenters. The molecule has 0 aliphatic rings. The Labute approximate surface area is 179 Å². The van der Waals surface area contributed by atoms with E-state index in [0.29, 0.717) is 16.5 Å². The van der Waals surface area contributed by atoms with Crippen LogP contribution in [0.15, 0.2) is 75.9 Å². The lowest BCUT2D eigenvalue weighted by molar-refractivity contribution is 0.329. The smallest absolute Gasteiger partial charge is 0.316 e. The van der Waals surface area contributed by atoms with Gasteiger partial charge >= 0.3 is 5.56 Å². The molecule has 2 aromatic carbocycles. The number of anilines is 1. The van der Waals surface area contributed by atoms with Crippen LogP contribution in [0, 0.1) is 0 Å². The summed E-state index contributed by atoms with van der Waals surface area (Å²) in [4.78, 5) is 13.2. The van der Waals surface area contributed by atoms with Crippen molar-refractivity contribution in [2.75, 3.05) is 11.6 Å². The Morgan fingerprint density at radius 2 is 1.90 bits per heavy atom. The highest BCUT2D eigenvalue weighted by Crippen LogP contribution is 2.28. The van der Waals surface area contributed by atoms with Gasteiger partial charge in [0, 0.05) is 15.7 Å². The third kappa shape index (κ3) is 4.96. The number of benzene rings is 2. The first-order chi connectivity index (χ1) is 13.9. The Balaban J connectivity index is 2.12. The third-order valence-corrected chi connectivity index (χ3v) is 4.57. The maximum atomic E-state index is 13.2. The van der Waals surface area contributed by atoms with Crippen LogP contribution in [-0.4, -0.2) is 21.5 Å². The van der Waals surface area contributed by atoms with Crippen LogP contribution in [0.2, 0.25) is 5.02 Å². The van der Waals surface area contributed by atoms with Gasteiger partial charge in [-0.3, -0.25) is 9.80 Å². The minimum Gasteiger partial charge on any atom is -0.449 e. The van der Waals surface area contributed by atoms with E-state index in [2.05, 4.69) is 21.0 Å². The van der Waals surface area contributed by atoms with E-state index in [-0.39, 0.29) is 17.1 Å². The molecule has 150 valence electrons. The lowest BCUT2D eigenvalue weighted by Gasteiger charge is -2.19. The van der Waals surface area contributed by atoms with E-state index in [0.717, 1.165) is 9.48 Å². The van der Waals surface area contributed by atoms with Gasteiger partial charge < -0.3 is 15.6 Å². The standard InChI is InChI=1S/C19H17BrClN5O3/c20-12-1-7-16(8-2-12)29-18-17(25(23)10-14(22)11-27)9-24-26(19(18)28)15-5-3-13(21)4-6-15/h1-10,27H,11,22-23H2/b14-10-. The molecule has 1 heterocycles. The van der Waals surface area contributed by atoms with Gasteiger partial charge in [0.1, 0.15) is 11.4 Å². The third-order valence-electron chi connectivity index (χ3n) is 3.79. The predicted octanol–water partition coefficient (Wildman–Crippen LogP) is 2.91. The second-order valence-corrected chi connectivity index (χ2v) is 7.23. The average molecular weight is 479 g/mol. The predicted molar refractivity (Wildman–Crippen MR) is 115 cm³/mol. The van der Waals surface area contributed by atoms with Gasteiger partial charge in [-0.15, -0.1) is 0 Å². The molecule has 0 fully saturated rings. The molecule has 10 heteroatoms. The normalized spacial score (nSPS) is 11.4. The van der Waals surface area contributed by atoms with Crippen molar-refractivity contribution in [3.8, 4) is 17.2 Å². The number of aliphatic hydroxyl groups is 1. The zero-order valence-corrected chi connectivity index (χ0v) is 17.3. The van der Waals surface area contributed by atoms with Crippen LogP contribution >= 0.6 is 27.5 Å². The fourth-order valence-electron chi connectivity index (χ4n) is 2.38. The first-order valence-corrected chi connectivity index (χ1v) is 9.49. The summed E-state index contributed by atoms with van der Waals surface area (Å²) < 4.78 is 7.87. The van der Waals surface area contributed by atoms with E-state index in [9.17, 15) is 4.79 Å². The lowest BCUT2D eigenvalue weighted by atomic mass is 10.3. The number of aromatic nitrogens is 2. The highest BCUT2D eigenvalue weighted by Gasteiger charge is 2.18. The van der Waals surface area contributed by atoms with E-state index >= 15 is 0 Å². The van der Waals surface area contributed by atoms with Crippen molar-refractivity contribution in [2.45, 2.75) is 0 Å². The van der Waals surface area contributed by atoms with Crippen LogP contribution < -0.4 is 26.9 Å². The summed E-state index contributed by atoms with van der Waals surface area (Å²) in [6, 6.07) is 13.5. The molecule has 1 aromatic heterocycles. The van der Waals surface area contributed by atoms with E-state index in [1.54, 1.807) is 48.5 Å². The number of rotatable bonds is 6. The summed E-state index contributed by atoms with van der Waals surface area (Å²) in [6.45, 7) is -0.397. The minimum absolute atomic E-state index is 0.0678. The van der Waals surface area contributed by atoms with Gasteiger partial charge in [-0.05, 0) is 48.5 Å². The SMILES string of the molecule is N/C(=C\N(N)c1cnn(-c2ccc(Cl)cc2)c(=O)c1Oc1ccc(Br)cc1)CO. The van der Waals surface area contributed by atoms with Gasteiger partial charge in [0.2, 0.25) is 5.75 Å². The molecule has 29 heavy (non-hydrogen) atoms. The molecule has 0 spiro atoms. The maximum Gasteiger partial charge on any atom is 0.316 e. The number of nitrogens with two attached hydrogens (primary N) is 2. The summed E-state index contributed by atoms with van der Waals surface area (Å²) in [7, 11) is 0. The number of ether oxygens (including phenoxy) is 1. The summed E-state index contributed by atoms with van der Waals surface area (Å²) >= 11 is 9.27. The second-order valence-electron chi connectivity index (χ2n) is 5.88. The molecule has 0 aliphatic carbocycles. The van der Waals surface area contributed by atoms with Gasteiger partial charge in [0.25, 0.3) is 0 Å². The van der Waals surface area contributed by atoms with E-state index in [1.165, 1.54) is 17.1 Å². The Kier molecular flexibility index (Phi) is 6.55. The molecule has 3 aromatic rings. The fourth-order valence-corrected chi connectivity index (χ4v) is 2.78. The van der Waals surface area contributed by atoms with Crippen molar-refractivity contribution in [3.63, 3.8) is 0 Å². The maximum absolute atomic E-state index is 13.2. The Morgan fingerprint density at radius 1 is 1.24 bits per heavy atom. The van der Waals surface area contributed by atoms with E-state index < -0.39 is 12.2 Å². The summed E-state index contributed by atoms with van der Waals surface area (Å²) in [6.07, 6.45) is 2.64. The first-order valence-electron chi connectivity index (χ1n) is 8.31. The molecule has 8 nitrogen and oxygen atoms in total. The minimum atomic E-state index is -0.542. The number of halogens is 2. The van der Waals surface area contributed by atoms with Crippen molar-refractivity contribution in [1.82, 2.24) is 9.78 Å². The van der Waals surface area contributed by atoms with Gasteiger partial charge in [-0.25, -0.2) is 5.84 Å². The molecule has 0 aliphatic heterocycles. The monoisotopic (exact) mass is 477 g/mol. The Morgan fingerprint density at radius 3 is 2.52 bits per heavy atom. The summed E-state index contributed by atoms with van der Waals surface area (Å²) in [5, 5.41) is 14.9. The first kappa shape index (κ1) is 20.9. The van der Waals surface area contributed by atoms with Crippen LogP contribution in [0.25, 0.3) is 5.69 Å².